The quantitative estimate of drug-likeness (QED) is 0.672. The molecule has 0 atom stereocenters. The summed E-state index contributed by atoms with van der Waals surface area (Å²) >= 11 is 0. The van der Waals surface area contributed by atoms with E-state index in [0.717, 1.165) is 0 Å². The van der Waals surface area contributed by atoms with Crippen LogP contribution in [0.25, 0.3) is 0 Å². The van der Waals surface area contributed by atoms with Crippen molar-refractivity contribution in [3.8, 4) is 0 Å². The standard InChI is InChI=1S/C8H10.C2H8O2Si/c1-7-5-3-4-6-8(7)2;1-3-5-4-2/h3-6H,1-2H3;5H2,1-2H3. The minimum absolute atomic E-state index is 0.568. The van der Waals surface area contributed by atoms with E-state index < -0.39 is 10.0 Å². The zero-order chi connectivity index (χ0) is 10.1. The first-order valence-corrected chi connectivity index (χ1v) is 5.38. The molecule has 0 heterocycles. The second-order valence-corrected chi connectivity index (χ2v) is 4.17. The van der Waals surface area contributed by atoms with Gasteiger partial charge in [-0.1, -0.05) is 24.3 Å². The van der Waals surface area contributed by atoms with E-state index in [1.807, 2.05) is 0 Å². The summed E-state index contributed by atoms with van der Waals surface area (Å²) in [6.07, 6.45) is 0. The molecule has 0 aliphatic rings. The second-order valence-electron chi connectivity index (χ2n) is 2.78. The Balaban J connectivity index is 0.000000252. The summed E-state index contributed by atoms with van der Waals surface area (Å²) < 4.78 is 9.22. The Hall–Kier alpha value is -0.643. The van der Waals surface area contributed by atoms with E-state index in [1.54, 1.807) is 14.2 Å². The minimum Gasteiger partial charge on any atom is -0.402 e. The second kappa shape index (κ2) is 7.98. The Morgan fingerprint density at radius 2 is 1.31 bits per heavy atom. The summed E-state index contributed by atoms with van der Waals surface area (Å²) in [5, 5.41) is 0. The SMILES string of the molecule is CO[SiH2]OC.Cc1ccccc1C. The van der Waals surface area contributed by atoms with Crippen LogP contribution >= 0.6 is 0 Å². The molecule has 0 aromatic heterocycles. The summed E-state index contributed by atoms with van der Waals surface area (Å²) in [5.41, 5.74) is 2.74. The summed E-state index contributed by atoms with van der Waals surface area (Å²) in [5.74, 6) is 0. The Kier molecular flexibility index (Phi) is 7.58. The van der Waals surface area contributed by atoms with Gasteiger partial charge in [0.25, 0.3) is 0 Å². The Morgan fingerprint density at radius 3 is 1.46 bits per heavy atom. The molecule has 0 unspecified atom stereocenters. The van der Waals surface area contributed by atoms with Crippen LogP contribution in [0.1, 0.15) is 11.1 Å². The first kappa shape index (κ1) is 12.4. The van der Waals surface area contributed by atoms with E-state index in [-0.39, 0.29) is 0 Å². The van der Waals surface area contributed by atoms with E-state index in [0.29, 0.717) is 0 Å². The van der Waals surface area contributed by atoms with Gasteiger partial charge in [-0.15, -0.1) is 0 Å². The van der Waals surface area contributed by atoms with Crippen molar-refractivity contribution in [2.75, 3.05) is 14.2 Å². The van der Waals surface area contributed by atoms with Gasteiger partial charge in [0.05, 0.1) is 0 Å². The molecule has 1 aromatic carbocycles. The monoisotopic (exact) mass is 198 g/mol. The molecule has 1 rings (SSSR count). The van der Waals surface area contributed by atoms with Crippen LogP contribution in [-0.2, 0) is 8.85 Å². The van der Waals surface area contributed by atoms with Gasteiger partial charge >= 0.3 is 10.0 Å². The number of rotatable bonds is 2. The van der Waals surface area contributed by atoms with Crippen molar-refractivity contribution < 1.29 is 8.85 Å². The van der Waals surface area contributed by atoms with Crippen molar-refractivity contribution in [1.29, 1.82) is 0 Å². The molecule has 0 N–H and O–H groups in total. The molecule has 0 saturated heterocycles. The largest absolute Gasteiger partial charge is 0.402 e. The van der Waals surface area contributed by atoms with Gasteiger partial charge in [0.1, 0.15) is 0 Å². The molecule has 0 aliphatic carbocycles. The molecule has 13 heavy (non-hydrogen) atoms. The highest BCUT2D eigenvalue weighted by Gasteiger charge is 1.83. The van der Waals surface area contributed by atoms with Crippen molar-refractivity contribution in [2.45, 2.75) is 13.8 Å². The molecule has 0 fully saturated rings. The molecule has 0 saturated carbocycles. The van der Waals surface area contributed by atoms with Crippen LogP contribution in [0.5, 0.6) is 0 Å². The van der Waals surface area contributed by atoms with Gasteiger partial charge in [-0.3, -0.25) is 0 Å². The summed E-state index contributed by atoms with van der Waals surface area (Å²) in [7, 11) is 2.73. The maximum Gasteiger partial charge on any atom is 0.303 e. The van der Waals surface area contributed by atoms with Crippen LogP contribution in [0.15, 0.2) is 24.3 Å². The highest BCUT2D eigenvalue weighted by Crippen LogP contribution is 2.02. The minimum atomic E-state index is -0.568. The molecular weight excluding hydrogens is 180 g/mol. The Labute approximate surface area is 82.9 Å². The number of hydrogen-bond donors (Lipinski definition) is 0. The number of aryl methyl sites for hydroxylation is 2. The lowest BCUT2D eigenvalue weighted by molar-refractivity contribution is 0.309. The molecule has 2 nitrogen and oxygen atoms in total. The molecule has 0 aliphatic heterocycles. The molecule has 3 heteroatoms. The van der Waals surface area contributed by atoms with Gasteiger partial charge in [-0.25, -0.2) is 0 Å². The van der Waals surface area contributed by atoms with Crippen molar-refractivity contribution in [3.63, 3.8) is 0 Å². The zero-order valence-corrected chi connectivity index (χ0v) is 10.2. The highest BCUT2D eigenvalue weighted by molar-refractivity contribution is 6.17. The highest BCUT2D eigenvalue weighted by atomic mass is 28.3. The van der Waals surface area contributed by atoms with Crippen molar-refractivity contribution in [3.05, 3.63) is 35.4 Å². The maximum atomic E-state index is 4.61. The van der Waals surface area contributed by atoms with Crippen LogP contribution in [0.3, 0.4) is 0 Å². The molecule has 1 aromatic rings. The van der Waals surface area contributed by atoms with E-state index in [9.17, 15) is 0 Å². The van der Waals surface area contributed by atoms with Gasteiger partial charge in [0.2, 0.25) is 0 Å². The average Bonchev–Trinajstić information content (AvgIpc) is 2.13. The number of benzene rings is 1. The molecule has 0 bridgehead atoms. The first-order chi connectivity index (χ1) is 6.22. The van der Waals surface area contributed by atoms with Crippen molar-refractivity contribution in [2.24, 2.45) is 0 Å². The van der Waals surface area contributed by atoms with E-state index >= 15 is 0 Å². The summed E-state index contributed by atoms with van der Waals surface area (Å²) in [6.45, 7) is 4.24. The Morgan fingerprint density at radius 1 is 0.923 bits per heavy atom. The van der Waals surface area contributed by atoms with Crippen LogP contribution in [0, 0.1) is 13.8 Å². The lowest BCUT2D eigenvalue weighted by Crippen LogP contribution is -1.93. The fraction of sp³-hybridized carbons (Fsp3) is 0.400. The van der Waals surface area contributed by atoms with E-state index in [1.165, 1.54) is 11.1 Å². The smallest absolute Gasteiger partial charge is 0.303 e. The van der Waals surface area contributed by atoms with Crippen LogP contribution in [0.4, 0.5) is 0 Å². The Bertz CT molecular complexity index is 203. The fourth-order valence-corrected chi connectivity index (χ4v) is 1.02. The van der Waals surface area contributed by atoms with Gasteiger partial charge < -0.3 is 8.85 Å². The van der Waals surface area contributed by atoms with E-state index in [4.69, 9.17) is 0 Å². The van der Waals surface area contributed by atoms with Crippen molar-refractivity contribution in [1.82, 2.24) is 0 Å². The van der Waals surface area contributed by atoms with Crippen LogP contribution in [0.2, 0.25) is 0 Å². The van der Waals surface area contributed by atoms with Gasteiger partial charge in [-0.05, 0) is 25.0 Å². The predicted octanol–water partition coefficient (Wildman–Crippen LogP) is 1.58. The lowest BCUT2D eigenvalue weighted by atomic mass is 10.1. The normalized spacial score (nSPS) is 8.92. The average molecular weight is 198 g/mol. The third kappa shape index (κ3) is 6.51. The zero-order valence-electron chi connectivity index (χ0n) is 8.83. The van der Waals surface area contributed by atoms with Gasteiger partial charge in [-0.2, -0.15) is 0 Å². The molecular formula is C10H18O2Si. The molecule has 0 radical (unpaired) electrons. The number of hydrogen-bond acceptors (Lipinski definition) is 2. The fourth-order valence-electron chi connectivity index (χ4n) is 0.781. The van der Waals surface area contributed by atoms with Crippen molar-refractivity contribution >= 4 is 10.0 Å². The lowest BCUT2D eigenvalue weighted by Gasteiger charge is -1.93. The summed E-state index contributed by atoms with van der Waals surface area (Å²) in [6, 6.07) is 8.36. The predicted molar refractivity (Wildman–Crippen MR) is 58.5 cm³/mol. The van der Waals surface area contributed by atoms with Crippen LogP contribution < -0.4 is 0 Å². The topological polar surface area (TPSA) is 18.5 Å². The van der Waals surface area contributed by atoms with E-state index in [2.05, 4.69) is 47.0 Å². The third-order valence-corrected chi connectivity index (χ3v) is 2.13. The third-order valence-electron chi connectivity index (χ3n) is 1.66. The first-order valence-electron chi connectivity index (χ1n) is 4.22. The molecule has 74 valence electrons. The molecule has 0 spiro atoms. The van der Waals surface area contributed by atoms with Gasteiger partial charge in [0, 0.05) is 14.2 Å². The summed E-state index contributed by atoms with van der Waals surface area (Å²) in [4.78, 5) is 0. The maximum absolute atomic E-state index is 4.61. The van der Waals surface area contributed by atoms with Gasteiger partial charge in [0.15, 0.2) is 0 Å². The van der Waals surface area contributed by atoms with Crippen LogP contribution in [-0.4, -0.2) is 24.2 Å². The molecule has 0 amide bonds.